The van der Waals surface area contributed by atoms with Crippen molar-refractivity contribution in [2.75, 3.05) is 18.5 Å². The molecule has 0 amide bonds. The fraction of sp³-hybridized carbons (Fsp3) is 0.625. The van der Waals surface area contributed by atoms with Crippen molar-refractivity contribution in [3.8, 4) is 0 Å². The van der Waals surface area contributed by atoms with E-state index in [0.29, 0.717) is 16.2 Å². The second kappa shape index (κ2) is 5.92. The molecule has 0 aliphatic carbocycles. The number of nitrogens with one attached hydrogen (secondary N) is 1. The molecule has 15 heavy (non-hydrogen) atoms. The molecule has 0 atom stereocenters. The molecule has 0 saturated carbocycles. The van der Waals surface area contributed by atoms with Crippen LogP contribution in [-0.4, -0.2) is 32.7 Å². The molecule has 0 aliphatic heterocycles. The standard InChI is InChI=1S/C8H15N5S2/c1-3-4-5-10-8(14)13-6(9)11-7(12-13)15-2/h3-5H2,1-2H3,(H,10,14)(H2,9,11,12). The molecule has 0 aliphatic rings. The van der Waals surface area contributed by atoms with Gasteiger partial charge < -0.3 is 11.1 Å². The molecule has 1 aromatic heterocycles. The number of hydrogen-bond donors (Lipinski definition) is 2. The topological polar surface area (TPSA) is 68.8 Å². The van der Waals surface area contributed by atoms with Gasteiger partial charge in [0.2, 0.25) is 11.1 Å². The first-order chi connectivity index (χ1) is 7.19. The Balaban J connectivity index is 2.60. The molecule has 1 heterocycles. The number of nitrogens with two attached hydrogens (primary N) is 1. The highest BCUT2D eigenvalue weighted by atomic mass is 32.2. The molecule has 0 bridgehead atoms. The number of rotatable bonds is 4. The lowest BCUT2D eigenvalue weighted by Gasteiger charge is -2.06. The Bertz CT molecular complexity index is 336. The van der Waals surface area contributed by atoms with E-state index in [4.69, 9.17) is 18.0 Å². The smallest absolute Gasteiger partial charge is 0.226 e. The first kappa shape index (κ1) is 12.3. The largest absolute Gasteiger partial charge is 0.368 e. The zero-order valence-electron chi connectivity index (χ0n) is 8.86. The van der Waals surface area contributed by atoms with Crippen molar-refractivity contribution >= 4 is 35.0 Å². The second-order valence-electron chi connectivity index (χ2n) is 2.95. The normalized spacial score (nSPS) is 10.3. The fourth-order valence-electron chi connectivity index (χ4n) is 0.987. The molecule has 1 rings (SSSR count). The monoisotopic (exact) mass is 245 g/mol. The van der Waals surface area contributed by atoms with Crippen LogP contribution in [0.2, 0.25) is 0 Å². The Morgan fingerprint density at radius 3 is 2.93 bits per heavy atom. The zero-order valence-corrected chi connectivity index (χ0v) is 10.5. The van der Waals surface area contributed by atoms with Gasteiger partial charge in [-0.25, -0.2) is 0 Å². The van der Waals surface area contributed by atoms with Gasteiger partial charge >= 0.3 is 0 Å². The summed E-state index contributed by atoms with van der Waals surface area (Å²) >= 11 is 6.58. The van der Waals surface area contributed by atoms with Crippen LogP contribution >= 0.6 is 24.0 Å². The van der Waals surface area contributed by atoms with E-state index < -0.39 is 0 Å². The van der Waals surface area contributed by atoms with Crippen LogP contribution in [0, 0.1) is 0 Å². The highest BCUT2D eigenvalue weighted by molar-refractivity contribution is 7.98. The summed E-state index contributed by atoms with van der Waals surface area (Å²) in [5, 5.41) is 8.37. The summed E-state index contributed by atoms with van der Waals surface area (Å²) in [6, 6.07) is 0. The van der Waals surface area contributed by atoms with Gasteiger partial charge in [0, 0.05) is 6.54 Å². The Morgan fingerprint density at radius 1 is 1.67 bits per heavy atom. The minimum absolute atomic E-state index is 0.327. The van der Waals surface area contributed by atoms with Crippen molar-refractivity contribution in [2.45, 2.75) is 24.9 Å². The second-order valence-corrected chi connectivity index (χ2v) is 4.11. The average Bonchev–Trinajstić information content (AvgIpc) is 2.60. The van der Waals surface area contributed by atoms with E-state index in [0.717, 1.165) is 19.4 Å². The minimum atomic E-state index is 0.327. The van der Waals surface area contributed by atoms with Crippen LogP contribution in [0.4, 0.5) is 5.95 Å². The highest BCUT2D eigenvalue weighted by Gasteiger charge is 2.09. The van der Waals surface area contributed by atoms with Gasteiger partial charge in [0.15, 0.2) is 5.11 Å². The maximum atomic E-state index is 5.67. The van der Waals surface area contributed by atoms with Crippen molar-refractivity contribution in [2.24, 2.45) is 0 Å². The van der Waals surface area contributed by atoms with Crippen LogP contribution < -0.4 is 11.1 Å². The number of anilines is 1. The van der Waals surface area contributed by atoms with Crippen molar-refractivity contribution in [1.82, 2.24) is 20.1 Å². The Morgan fingerprint density at radius 2 is 2.40 bits per heavy atom. The van der Waals surface area contributed by atoms with E-state index >= 15 is 0 Å². The van der Waals surface area contributed by atoms with Gasteiger partial charge in [0.1, 0.15) is 0 Å². The van der Waals surface area contributed by atoms with Gasteiger partial charge in [-0.1, -0.05) is 25.1 Å². The molecular formula is C8H15N5S2. The molecule has 0 spiro atoms. The summed E-state index contributed by atoms with van der Waals surface area (Å²) in [7, 11) is 0. The number of thioether (sulfide) groups is 1. The van der Waals surface area contributed by atoms with E-state index in [2.05, 4.69) is 22.3 Å². The van der Waals surface area contributed by atoms with Crippen LogP contribution in [0.5, 0.6) is 0 Å². The first-order valence-corrected chi connectivity index (χ1v) is 6.37. The van der Waals surface area contributed by atoms with Gasteiger partial charge in [0.05, 0.1) is 0 Å². The number of thiocarbonyl (C=S) groups is 1. The predicted octanol–water partition coefficient (Wildman–Crippen LogP) is 1.10. The molecule has 0 aromatic carbocycles. The highest BCUT2D eigenvalue weighted by Crippen LogP contribution is 2.10. The average molecular weight is 245 g/mol. The Kier molecular flexibility index (Phi) is 4.83. The molecule has 7 heteroatoms. The molecule has 3 N–H and O–H groups in total. The fourth-order valence-corrected chi connectivity index (χ4v) is 1.57. The number of nitrogens with zero attached hydrogens (tertiary/aromatic N) is 3. The van der Waals surface area contributed by atoms with Gasteiger partial charge in [-0.3, -0.25) is 0 Å². The summed E-state index contributed by atoms with van der Waals surface area (Å²) in [6.07, 6.45) is 4.09. The number of aromatic nitrogens is 3. The third-order valence-corrected chi connectivity index (χ3v) is 2.65. The summed E-state index contributed by atoms with van der Waals surface area (Å²) < 4.78 is 1.46. The van der Waals surface area contributed by atoms with E-state index in [1.807, 2.05) is 6.26 Å². The van der Waals surface area contributed by atoms with Crippen molar-refractivity contribution < 1.29 is 0 Å². The van der Waals surface area contributed by atoms with Gasteiger partial charge in [-0.2, -0.15) is 9.67 Å². The van der Waals surface area contributed by atoms with E-state index in [1.165, 1.54) is 16.4 Å². The number of unbranched alkanes of at least 4 members (excludes halogenated alkanes) is 1. The van der Waals surface area contributed by atoms with Crippen LogP contribution in [0.25, 0.3) is 0 Å². The summed E-state index contributed by atoms with van der Waals surface area (Å²) in [4.78, 5) is 4.04. The Hall–Kier alpha value is -0.820. The molecular weight excluding hydrogens is 230 g/mol. The first-order valence-electron chi connectivity index (χ1n) is 4.73. The van der Waals surface area contributed by atoms with Crippen LogP contribution in [0.1, 0.15) is 19.8 Å². The van der Waals surface area contributed by atoms with Crippen LogP contribution in [-0.2, 0) is 0 Å². The predicted molar refractivity (Wildman–Crippen MR) is 67.1 cm³/mol. The van der Waals surface area contributed by atoms with Crippen molar-refractivity contribution in [3.05, 3.63) is 0 Å². The SMILES string of the molecule is CCCCNC(=S)n1nc(SC)nc1N. The molecule has 0 fully saturated rings. The number of nitrogen functional groups attached to an aromatic ring is 1. The molecule has 1 aromatic rings. The van der Waals surface area contributed by atoms with Crippen molar-refractivity contribution in [3.63, 3.8) is 0 Å². The van der Waals surface area contributed by atoms with E-state index in [1.54, 1.807) is 0 Å². The summed E-state index contributed by atoms with van der Waals surface area (Å²) in [5.74, 6) is 0.327. The summed E-state index contributed by atoms with van der Waals surface area (Å²) in [5.41, 5.74) is 5.67. The summed E-state index contributed by atoms with van der Waals surface area (Å²) in [6.45, 7) is 2.96. The third kappa shape index (κ3) is 3.35. The van der Waals surface area contributed by atoms with E-state index in [9.17, 15) is 0 Å². The van der Waals surface area contributed by atoms with E-state index in [-0.39, 0.29) is 0 Å². The quantitative estimate of drug-likeness (QED) is 0.470. The maximum absolute atomic E-state index is 5.67. The molecule has 84 valence electrons. The van der Waals surface area contributed by atoms with Crippen LogP contribution in [0.15, 0.2) is 5.16 Å². The van der Waals surface area contributed by atoms with Gasteiger partial charge in [0.25, 0.3) is 0 Å². The molecule has 5 nitrogen and oxygen atoms in total. The van der Waals surface area contributed by atoms with Gasteiger partial charge in [-0.05, 0) is 24.9 Å². The molecule has 0 saturated heterocycles. The molecule has 0 unspecified atom stereocenters. The lowest BCUT2D eigenvalue weighted by atomic mass is 10.3. The van der Waals surface area contributed by atoms with Crippen molar-refractivity contribution in [1.29, 1.82) is 0 Å². The molecule has 0 radical (unpaired) electrons. The third-order valence-electron chi connectivity index (χ3n) is 1.79. The maximum Gasteiger partial charge on any atom is 0.226 e. The van der Waals surface area contributed by atoms with Gasteiger partial charge in [-0.15, -0.1) is 5.10 Å². The van der Waals surface area contributed by atoms with Crippen LogP contribution in [0.3, 0.4) is 0 Å². The minimum Gasteiger partial charge on any atom is -0.368 e. The lowest BCUT2D eigenvalue weighted by molar-refractivity contribution is 0.736. The Labute approximate surface area is 98.8 Å². The lowest BCUT2D eigenvalue weighted by Crippen LogP contribution is -2.30. The zero-order chi connectivity index (χ0) is 11.3. The number of hydrogen-bond acceptors (Lipinski definition) is 5.